The smallest absolute Gasteiger partial charge is 0.336 e. The van der Waals surface area contributed by atoms with Crippen molar-refractivity contribution in [2.45, 2.75) is 71.3 Å². The number of benzene rings is 3. The highest BCUT2D eigenvalue weighted by Crippen LogP contribution is 2.32. The first-order valence-corrected chi connectivity index (χ1v) is 14.0. The molecular weight excluding hydrogens is 488 g/mol. The number of amides is 2. The molecule has 39 heavy (non-hydrogen) atoms. The number of aryl methyl sites for hydroxylation is 2. The molecule has 0 aliphatic heterocycles. The Balaban J connectivity index is 1.52. The molecule has 1 heterocycles. The maximum Gasteiger partial charge on any atom is 0.336 e. The molecule has 1 aliphatic rings. The zero-order valence-corrected chi connectivity index (χ0v) is 22.7. The Morgan fingerprint density at radius 3 is 2.54 bits per heavy atom. The van der Waals surface area contributed by atoms with Gasteiger partial charge in [-0.1, -0.05) is 62.9 Å². The van der Waals surface area contributed by atoms with Gasteiger partial charge in [0.05, 0.1) is 16.8 Å². The number of para-hydroxylation sites is 1. The Bertz CT molecular complexity index is 1500. The number of aromatic carboxylic acids is 1. The maximum atomic E-state index is 12.9. The molecule has 0 unspecified atom stereocenters. The maximum absolute atomic E-state index is 12.9. The average molecular weight is 525 g/mol. The molecule has 1 saturated carbocycles. The van der Waals surface area contributed by atoms with Gasteiger partial charge < -0.3 is 15.7 Å². The molecule has 0 atom stereocenters. The monoisotopic (exact) mass is 524 g/mol. The van der Waals surface area contributed by atoms with Crippen molar-refractivity contribution in [3.63, 3.8) is 0 Å². The molecule has 3 aromatic carbocycles. The summed E-state index contributed by atoms with van der Waals surface area (Å²) >= 11 is 0. The number of nitrogens with zero attached hydrogens (tertiary/aromatic N) is 2. The van der Waals surface area contributed by atoms with Crippen LogP contribution in [0.3, 0.4) is 0 Å². The normalized spacial score (nSPS) is 13.9. The third kappa shape index (κ3) is 5.67. The summed E-state index contributed by atoms with van der Waals surface area (Å²) in [5.74, 6) is -0.00374. The molecule has 1 aliphatic carbocycles. The summed E-state index contributed by atoms with van der Waals surface area (Å²) in [5, 5.41) is 15.9. The summed E-state index contributed by atoms with van der Waals surface area (Å²) in [5.41, 5.74) is 6.19. The molecule has 1 aromatic heterocycles. The van der Waals surface area contributed by atoms with Crippen LogP contribution in [0.2, 0.25) is 0 Å². The second-order valence-corrected chi connectivity index (χ2v) is 10.4. The van der Waals surface area contributed by atoms with E-state index in [1.165, 1.54) is 6.42 Å². The fourth-order valence-electron chi connectivity index (χ4n) is 5.62. The number of rotatable bonds is 8. The third-order valence-corrected chi connectivity index (χ3v) is 7.61. The number of anilines is 1. The lowest BCUT2D eigenvalue weighted by atomic mass is 9.95. The minimum absolute atomic E-state index is 0.184. The number of hydrogen-bond donors (Lipinski definition) is 3. The van der Waals surface area contributed by atoms with E-state index >= 15 is 0 Å². The average Bonchev–Trinajstić information content (AvgIpc) is 3.31. The number of urea groups is 1. The van der Waals surface area contributed by atoms with Gasteiger partial charge in [0.2, 0.25) is 0 Å². The number of carboxylic acid groups (broad SMARTS) is 1. The van der Waals surface area contributed by atoms with E-state index in [4.69, 9.17) is 4.98 Å². The van der Waals surface area contributed by atoms with Gasteiger partial charge in [-0.15, -0.1) is 0 Å². The van der Waals surface area contributed by atoms with Crippen molar-refractivity contribution < 1.29 is 14.7 Å². The van der Waals surface area contributed by atoms with Gasteiger partial charge in [0.25, 0.3) is 0 Å². The molecule has 0 bridgehead atoms. The highest BCUT2D eigenvalue weighted by atomic mass is 16.4. The van der Waals surface area contributed by atoms with Crippen LogP contribution < -0.4 is 10.6 Å². The molecule has 1 fully saturated rings. The van der Waals surface area contributed by atoms with Gasteiger partial charge in [0.15, 0.2) is 0 Å². The van der Waals surface area contributed by atoms with Crippen LogP contribution in [0, 0.1) is 6.92 Å². The Kier molecular flexibility index (Phi) is 7.96. The summed E-state index contributed by atoms with van der Waals surface area (Å²) in [6.07, 6.45) is 8.46. The number of carbonyl (C=O) groups is 2. The highest BCUT2D eigenvalue weighted by molar-refractivity contribution is 6.00. The van der Waals surface area contributed by atoms with Crippen LogP contribution in [0.25, 0.3) is 27.8 Å². The number of aromatic nitrogens is 2. The minimum Gasteiger partial charge on any atom is -0.478 e. The van der Waals surface area contributed by atoms with E-state index in [2.05, 4.69) is 28.2 Å². The van der Waals surface area contributed by atoms with Crippen molar-refractivity contribution in [3.05, 3.63) is 77.6 Å². The number of imidazole rings is 1. The van der Waals surface area contributed by atoms with E-state index in [1.54, 1.807) is 12.1 Å². The summed E-state index contributed by atoms with van der Waals surface area (Å²) in [6.45, 7) is 4.17. The highest BCUT2D eigenvalue weighted by Gasteiger charge is 2.20. The van der Waals surface area contributed by atoms with Gasteiger partial charge in [0.1, 0.15) is 11.3 Å². The molecule has 3 N–H and O–H groups in total. The van der Waals surface area contributed by atoms with E-state index in [9.17, 15) is 14.7 Å². The van der Waals surface area contributed by atoms with Gasteiger partial charge in [-0.05, 0) is 73.2 Å². The van der Waals surface area contributed by atoms with E-state index in [0.717, 1.165) is 78.6 Å². The van der Waals surface area contributed by atoms with Gasteiger partial charge >= 0.3 is 12.0 Å². The third-order valence-electron chi connectivity index (χ3n) is 7.61. The van der Waals surface area contributed by atoms with Crippen molar-refractivity contribution in [1.29, 1.82) is 0 Å². The number of unbranched alkanes of at least 4 members (excludes halogenated alkanes) is 1. The number of carboxylic acids is 1. The van der Waals surface area contributed by atoms with Crippen LogP contribution in [-0.4, -0.2) is 32.7 Å². The molecule has 2 amide bonds. The first-order valence-electron chi connectivity index (χ1n) is 14.0. The fraction of sp³-hybridized carbons (Fsp3) is 0.344. The van der Waals surface area contributed by atoms with E-state index in [1.807, 2.05) is 49.4 Å². The van der Waals surface area contributed by atoms with Crippen molar-refractivity contribution in [1.82, 2.24) is 14.9 Å². The molecule has 5 rings (SSSR count). The van der Waals surface area contributed by atoms with Crippen LogP contribution in [-0.2, 0) is 6.42 Å². The SMILES string of the molecule is CCCCc1nc2c(NC(=O)NC3CCCCC3)cccc2n1-c1ccc(-c2ccccc2C(=O)O)c(C)c1. The zero-order valence-electron chi connectivity index (χ0n) is 22.7. The first kappa shape index (κ1) is 26.5. The van der Waals surface area contributed by atoms with Crippen molar-refractivity contribution in [2.75, 3.05) is 5.32 Å². The molecule has 0 radical (unpaired) electrons. The molecule has 202 valence electrons. The lowest BCUT2D eigenvalue weighted by Crippen LogP contribution is -2.39. The number of nitrogens with one attached hydrogen (secondary N) is 2. The molecule has 7 heteroatoms. The lowest BCUT2D eigenvalue weighted by Gasteiger charge is -2.22. The topological polar surface area (TPSA) is 96.3 Å². The predicted octanol–water partition coefficient (Wildman–Crippen LogP) is 7.50. The minimum atomic E-state index is -0.941. The molecular formula is C32H36N4O3. The van der Waals surface area contributed by atoms with Crippen molar-refractivity contribution >= 4 is 28.7 Å². The predicted molar refractivity (Wildman–Crippen MR) is 156 cm³/mol. The number of fused-ring (bicyclic) bond motifs is 1. The Hall–Kier alpha value is -4.13. The fourth-order valence-corrected chi connectivity index (χ4v) is 5.62. The quantitative estimate of drug-likeness (QED) is 0.222. The van der Waals surface area contributed by atoms with E-state index in [0.29, 0.717) is 11.3 Å². The molecule has 0 saturated heterocycles. The summed E-state index contributed by atoms with van der Waals surface area (Å²) in [4.78, 5) is 29.7. The first-order chi connectivity index (χ1) is 19.0. The van der Waals surface area contributed by atoms with E-state index < -0.39 is 5.97 Å². The molecule has 0 spiro atoms. The largest absolute Gasteiger partial charge is 0.478 e. The van der Waals surface area contributed by atoms with Crippen LogP contribution in [0.1, 0.15) is 73.6 Å². The Labute approximate surface area is 229 Å². The van der Waals surface area contributed by atoms with Crippen LogP contribution in [0.4, 0.5) is 10.5 Å². The standard InChI is InChI=1S/C32H36N4O3/c1-3-4-17-29-35-30-27(34-32(39)33-22-11-6-5-7-12-22)15-10-16-28(30)36(29)23-18-19-24(21(2)20-23)25-13-8-9-14-26(25)31(37)38/h8-10,13-16,18-20,22H,3-7,11-12,17H2,1-2H3,(H,37,38)(H2,33,34,39). The van der Waals surface area contributed by atoms with E-state index in [-0.39, 0.29) is 17.6 Å². The Morgan fingerprint density at radius 1 is 1.00 bits per heavy atom. The zero-order chi connectivity index (χ0) is 27.4. The van der Waals surface area contributed by atoms with Crippen LogP contribution in [0.5, 0.6) is 0 Å². The van der Waals surface area contributed by atoms with Gasteiger partial charge in [-0.25, -0.2) is 14.6 Å². The second kappa shape index (κ2) is 11.7. The van der Waals surface area contributed by atoms with Crippen molar-refractivity contribution in [2.24, 2.45) is 0 Å². The number of hydrogen-bond acceptors (Lipinski definition) is 3. The summed E-state index contributed by atoms with van der Waals surface area (Å²) in [7, 11) is 0. The summed E-state index contributed by atoms with van der Waals surface area (Å²) < 4.78 is 2.16. The number of carbonyl (C=O) groups excluding carboxylic acids is 1. The molecule has 4 aromatic rings. The summed E-state index contributed by atoms with van der Waals surface area (Å²) in [6, 6.07) is 19.1. The van der Waals surface area contributed by atoms with Gasteiger partial charge in [0, 0.05) is 18.2 Å². The molecule has 7 nitrogen and oxygen atoms in total. The lowest BCUT2D eigenvalue weighted by molar-refractivity contribution is 0.0697. The van der Waals surface area contributed by atoms with Gasteiger partial charge in [-0.3, -0.25) is 4.57 Å². The second-order valence-electron chi connectivity index (χ2n) is 10.4. The van der Waals surface area contributed by atoms with Crippen molar-refractivity contribution in [3.8, 4) is 16.8 Å². The van der Waals surface area contributed by atoms with Crippen LogP contribution >= 0.6 is 0 Å². The van der Waals surface area contributed by atoms with Gasteiger partial charge in [-0.2, -0.15) is 0 Å². The van der Waals surface area contributed by atoms with Crippen LogP contribution in [0.15, 0.2) is 60.7 Å². The Morgan fingerprint density at radius 2 is 1.79 bits per heavy atom.